The molecule has 1 aromatic heterocycles. The second kappa shape index (κ2) is 11.3. The van der Waals surface area contributed by atoms with Crippen molar-refractivity contribution >= 4 is 47.0 Å². The van der Waals surface area contributed by atoms with E-state index < -0.39 is 0 Å². The number of hydrogen-bond acceptors (Lipinski definition) is 4. The van der Waals surface area contributed by atoms with E-state index in [1.165, 1.54) is 4.88 Å². The van der Waals surface area contributed by atoms with E-state index in [-0.39, 0.29) is 29.8 Å². The molecule has 2 rings (SSSR count). The molecule has 26 heavy (non-hydrogen) atoms. The molecule has 0 radical (unpaired) electrons. The molecule has 1 heterocycles. The van der Waals surface area contributed by atoms with Gasteiger partial charge in [0, 0.05) is 51.7 Å². The van der Waals surface area contributed by atoms with Gasteiger partial charge in [-0.2, -0.15) is 0 Å². The molecule has 0 unspecified atom stereocenters. The van der Waals surface area contributed by atoms with E-state index in [4.69, 9.17) is 0 Å². The number of halogens is 2. The predicted molar refractivity (Wildman–Crippen MR) is 120 cm³/mol. The molecule has 0 amide bonds. The van der Waals surface area contributed by atoms with Crippen molar-refractivity contribution in [3.05, 3.63) is 45.7 Å². The molecule has 5 nitrogen and oxygen atoms in total. The molecule has 0 saturated carbocycles. The van der Waals surface area contributed by atoms with Crippen LogP contribution in [0.3, 0.4) is 0 Å². The third-order valence-corrected chi connectivity index (χ3v) is 4.96. The number of nitrogens with zero attached hydrogens (tertiary/aromatic N) is 3. The zero-order valence-corrected chi connectivity index (χ0v) is 18.8. The molecule has 8 heteroatoms. The van der Waals surface area contributed by atoms with E-state index in [9.17, 15) is 4.39 Å². The van der Waals surface area contributed by atoms with Crippen molar-refractivity contribution in [3.63, 3.8) is 0 Å². The van der Waals surface area contributed by atoms with Crippen LogP contribution in [0.2, 0.25) is 0 Å². The van der Waals surface area contributed by atoms with Crippen molar-refractivity contribution < 1.29 is 4.39 Å². The van der Waals surface area contributed by atoms with Gasteiger partial charge >= 0.3 is 0 Å². The van der Waals surface area contributed by atoms with Crippen molar-refractivity contribution in [2.45, 2.75) is 26.3 Å². The predicted octanol–water partition coefficient (Wildman–Crippen LogP) is 3.44. The highest BCUT2D eigenvalue weighted by Gasteiger charge is 2.06. The summed E-state index contributed by atoms with van der Waals surface area (Å²) in [5.74, 6) is 0.479. The fraction of sp³-hybridized carbons (Fsp3) is 0.444. The number of rotatable bonds is 7. The molecule has 2 aromatic rings. The van der Waals surface area contributed by atoms with E-state index in [0.29, 0.717) is 18.2 Å². The van der Waals surface area contributed by atoms with Crippen LogP contribution in [0.1, 0.15) is 22.4 Å². The van der Waals surface area contributed by atoms with Crippen LogP contribution in [0.4, 0.5) is 10.1 Å². The van der Waals surface area contributed by atoms with Gasteiger partial charge in [-0.05, 0) is 24.1 Å². The lowest BCUT2D eigenvalue weighted by Crippen LogP contribution is -2.37. The maximum absolute atomic E-state index is 14.0. The number of guanidine groups is 1. The van der Waals surface area contributed by atoms with Crippen LogP contribution in [0, 0.1) is 5.82 Å². The number of aromatic nitrogens is 1. The molecule has 1 aromatic carbocycles. The third-order valence-electron chi connectivity index (χ3n) is 3.76. The molecule has 0 atom stereocenters. The number of nitrogens with one attached hydrogen (secondary N) is 2. The summed E-state index contributed by atoms with van der Waals surface area (Å²) < 4.78 is 14.0. The summed E-state index contributed by atoms with van der Waals surface area (Å²) in [6, 6.07) is 5.26. The van der Waals surface area contributed by atoms with Crippen LogP contribution in [0.15, 0.2) is 29.4 Å². The van der Waals surface area contributed by atoms with Crippen molar-refractivity contribution in [2.75, 3.05) is 32.6 Å². The highest BCUT2D eigenvalue weighted by molar-refractivity contribution is 14.0. The first-order chi connectivity index (χ1) is 12.0. The standard InChI is InChI=1S/C18H26FN5S.HI/c1-5-14-12-22-17(25-14)8-9-21-18(20-2)23-11-13-6-7-16(24(3)4)15(19)10-13;/h6-7,10,12H,5,8-9,11H2,1-4H3,(H2,20,21,23);1H. The van der Waals surface area contributed by atoms with Gasteiger partial charge < -0.3 is 15.5 Å². The van der Waals surface area contributed by atoms with E-state index in [2.05, 4.69) is 27.5 Å². The van der Waals surface area contributed by atoms with Crippen molar-refractivity contribution in [1.82, 2.24) is 15.6 Å². The minimum absolute atomic E-state index is 0. The molecule has 144 valence electrons. The molecular weight excluding hydrogens is 464 g/mol. The summed E-state index contributed by atoms with van der Waals surface area (Å²) in [6.07, 6.45) is 3.83. The summed E-state index contributed by atoms with van der Waals surface area (Å²) in [5, 5.41) is 7.60. The van der Waals surface area contributed by atoms with Gasteiger partial charge in [-0.1, -0.05) is 13.0 Å². The van der Waals surface area contributed by atoms with Gasteiger partial charge in [0.25, 0.3) is 0 Å². The Kier molecular flexibility index (Phi) is 9.85. The van der Waals surface area contributed by atoms with Gasteiger partial charge in [-0.3, -0.25) is 4.99 Å². The number of aryl methyl sites for hydroxylation is 1. The van der Waals surface area contributed by atoms with Gasteiger partial charge in [-0.15, -0.1) is 35.3 Å². The number of benzene rings is 1. The first kappa shape index (κ1) is 22.6. The van der Waals surface area contributed by atoms with Gasteiger partial charge in [0.2, 0.25) is 0 Å². The Bertz CT molecular complexity index is 717. The van der Waals surface area contributed by atoms with Crippen LogP contribution in [0.25, 0.3) is 0 Å². The lowest BCUT2D eigenvalue weighted by atomic mass is 10.2. The number of anilines is 1. The molecule has 0 aliphatic carbocycles. The van der Waals surface area contributed by atoms with Crippen molar-refractivity contribution in [1.29, 1.82) is 0 Å². The van der Waals surface area contributed by atoms with Gasteiger partial charge in [0.15, 0.2) is 5.96 Å². The van der Waals surface area contributed by atoms with Crippen LogP contribution in [-0.4, -0.2) is 38.6 Å². The minimum atomic E-state index is -0.220. The average Bonchev–Trinajstić information content (AvgIpc) is 3.05. The summed E-state index contributed by atoms with van der Waals surface area (Å²) in [6.45, 7) is 3.40. The zero-order valence-electron chi connectivity index (χ0n) is 15.7. The molecule has 0 fully saturated rings. The number of thiazole rings is 1. The smallest absolute Gasteiger partial charge is 0.191 e. The Labute approximate surface area is 176 Å². The largest absolute Gasteiger partial charge is 0.375 e. The monoisotopic (exact) mass is 491 g/mol. The highest BCUT2D eigenvalue weighted by Crippen LogP contribution is 2.18. The molecular formula is C18H27FIN5S. The Hall–Kier alpha value is -1.42. The van der Waals surface area contributed by atoms with Crippen LogP contribution < -0.4 is 15.5 Å². The number of aliphatic imine (C=N–C) groups is 1. The molecule has 2 N–H and O–H groups in total. The fourth-order valence-corrected chi connectivity index (χ4v) is 3.21. The summed E-state index contributed by atoms with van der Waals surface area (Å²) in [7, 11) is 5.38. The quantitative estimate of drug-likeness (QED) is 0.354. The summed E-state index contributed by atoms with van der Waals surface area (Å²) in [4.78, 5) is 11.7. The van der Waals surface area contributed by atoms with E-state index in [1.807, 2.05) is 26.4 Å². The van der Waals surface area contributed by atoms with Gasteiger partial charge in [0.1, 0.15) is 5.82 Å². The van der Waals surface area contributed by atoms with E-state index in [1.54, 1.807) is 35.4 Å². The average molecular weight is 491 g/mol. The Morgan fingerprint density at radius 3 is 2.65 bits per heavy atom. The summed E-state index contributed by atoms with van der Waals surface area (Å²) >= 11 is 1.75. The fourth-order valence-electron chi connectivity index (χ4n) is 2.34. The van der Waals surface area contributed by atoms with E-state index in [0.717, 1.165) is 30.0 Å². The SMILES string of the molecule is CCc1cnc(CCNC(=NC)NCc2ccc(N(C)C)c(F)c2)s1.I. The third kappa shape index (κ3) is 6.71. The Balaban J connectivity index is 0.00000338. The van der Waals surface area contributed by atoms with Gasteiger partial charge in [-0.25, -0.2) is 9.37 Å². The maximum atomic E-state index is 14.0. The molecule has 0 aliphatic rings. The number of hydrogen-bond donors (Lipinski definition) is 2. The topological polar surface area (TPSA) is 52.6 Å². The lowest BCUT2D eigenvalue weighted by Gasteiger charge is -2.15. The van der Waals surface area contributed by atoms with Crippen molar-refractivity contribution in [3.8, 4) is 0 Å². The minimum Gasteiger partial charge on any atom is -0.375 e. The second-order valence-electron chi connectivity index (χ2n) is 5.86. The molecule has 0 aliphatic heterocycles. The maximum Gasteiger partial charge on any atom is 0.191 e. The Morgan fingerprint density at radius 1 is 1.31 bits per heavy atom. The van der Waals surface area contributed by atoms with Crippen LogP contribution >= 0.6 is 35.3 Å². The molecule has 0 saturated heterocycles. The first-order valence-corrected chi connectivity index (χ1v) is 9.19. The van der Waals surface area contributed by atoms with E-state index >= 15 is 0 Å². The van der Waals surface area contributed by atoms with Crippen molar-refractivity contribution in [2.24, 2.45) is 4.99 Å². The lowest BCUT2D eigenvalue weighted by molar-refractivity contribution is 0.623. The van der Waals surface area contributed by atoms with Crippen LogP contribution in [-0.2, 0) is 19.4 Å². The Morgan fingerprint density at radius 2 is 2.08 bits per heavy atom. The normalized spacial score (nSPS) is 11.0. The highest BCUT2D eigenvalue weighted by atomic mass is 127. The first-order valence-electron chi connectivity index (χ1n) is 8.37. The molecule has 0 bridgehead atoms. The second-order valence-corrected chi connectivity index (χ2v) is 7.06. The van der Waals surface area contributed by atoms with Gasteiger partial charge in [0.05, 0.1) is 10.7 Å². The molecule has 0 spiro atoms. The zero-order chi connectivity index (χ0) is 18.2. The summed E-state index contributed by atoms with van der Waals surface area (Å²) in [5.41, 5.74) is 1.46. The van der Waals surface area contributed by atoms with Crippen LogP contribution in [0.5, 0.6) is 0 Å².